The minimum atomic E-state index is 0.272. The van der Waals surface area contributed by atoms with Crippen molar-refractivity contribution in [3.8, 4) is 33.9 Å². The van der Waals surface area contributed by atoms with Gasteiger partial charge in [-0.1, -0.05) is 121 Å². The second kappa shape index (κ2) is 9.45. The summed E-state index contributed by atoms with van der Waals surface area (Å²) in [5.74, 6) is 0.544. The number of hydrogen-bond donors (Lipinski definition) is 0. The van der Waals surface area contributed by atoms with Crippen molar-refractivity contribution in [1.29, 1.82) is 0 Å². The van der Waals surface area contributed by atoms with Gasteiger partial charge in [-0.15, -0.1) is 0 Å². The van der Waals surface area contributed by atoms with Crippen molar-refractivity contribution in [2.24, 2.45) is 0 Å². The number of benzene rings is 6. The van der Waals surface area contributed by atoms with Crippen LogP contribution in [0.4, 0.5) is 0 Å². The fourth-order valence-corrected chi connectivity index (χ4v) is 8.53. The molecule has 2 nitrogen and oxygen atoms in total. The van der Waals surface area contributed by atoms with Crippen LogP contribution in [-0.2, 0) is 0 Å². The van der Waals surface area contributed by atoms with Crippen molar-refractivity contribution in [3.05, 3.63) is 180 Å². The fourth-order valence-electron chi connectivity index (χ4n) is 8.53. The molecule has 2 heteroatoms. The summed E-state index contributed by atoms with van der Waals surface area (Å²) in [6.07, 6.45) is 1.01. The highest BCUT2D eigenvalue weighted by Gasteiger charge is 2.41. The zero-order valence-electron chi connectivity index (χ0n) is 24.8. The van der Waals surface area contributed by atoms with Crippen LogP contribution in [0.3, 0.4) is 0 Å². The third-order valence-corrected chi connectivity index (χ3v) is 10.2. The standard InChI is InChI=1S/C43H30N2/c1-3-15-28(16-4-1)44-38-25-13-11-23-34(38)40-36(30-19-7-9-21-32(30)42(40)44)27-37-31-20-8-10-22-33(31)43-41(37)35-24-12-14-26-39(35)45(43)29-17-5-2-6-18-29/h1-26,36-37H,27H2. The molecule has 0 amide bonds. The van der Waals surface area contributed by atoms with Gasteiger partial charge in [0.05, 0.1) is 22.4 Å². The lowest BCUT2D eigenvalue weighted by molar-refractivity contribution is 0.669. The van der Waals surface area contributed by atoms with Crippen LogP contribution >= 0.6 is 0 Å². The molecule has 2 unspecified atom stereocenters. The molecule has 2 aliphatic carbocycles. The Morgan fingerprint density at radius 3 is 1.22 bits per heavy atom. The summed E-state index contributed by atoms with van der Waals surface area (Å²) in [5.41, 5.74) is 16.2. The SMILES string of the molecule is c1ccc(-n2c3c(c4ccccc42)C(CC2c4ccccc4-c4c2c2ccccc2n4-c2ccccc2)c2ccccc2-3)cc1. The van der Waals surface area contributed by atoms with Crippen LogP contribution < -0.4 is 0 Å². The van der Waals surface area contributed by atoms with Crippen molar-refractivity contribution in [1.82, 2.24) is 9.13 Å². The molecule has 0 bridgehead atoms. The third kappa shape index (κ3) is 3.40. The molecule has 6 aromatic carbocycles. The van der Waals surface area contributed by atoms with Gasteiger partial charge in [-0.2, -0.15) is 0 Å². The van der Waals surface area contributed by atoms with E-state index in [4.69, 9.17) is 0 Å². The molecule has 45 heavy (non-hydrogen) atoms. The first-order valence-electron chi connectivity index (χ1n) is 15.9. The van der Waals surface area contributed by atoms with Gasteiger partial charge in [0.2, 0.25) is 0 Å². The largest absolute Gasteiger partial charge is 0.309 e. The first kappa shape index (κ1) is 24.8. The van der Waals surface area contributed by atoms with E-state index in [-0.39, 0.29) is 11.8 Å². The first-order chi connectivity index (χ1) is 22.4. The van der Waals surface area contributed by atoms with E-state index in [1.807, 2.05) is 0 Å². The van der Waals surface area contributed by atoms with Gasteiger partial charge in [-0.3, -0.25) is 0 Å². The van der Waals surface area contributed by atoms with Crippen molar-refractivity contribution < 1.29 is 0 Å². The molecule has 10 rings (SSSR count). The van der Waals surface area contributed by atoms with Crippen LogP contribution in [0.2, 0.25) is 0 Å². The maximum atomic E-state index is 2.50. The number of rotatable bonds is 4. The van der Waals surface area contributed by atoms with Crippen molar-refractivity contribution in [3.63, 3.8) is 0 Å². The number of nitrogens with zero attached hydrogens (tertiary/aromatic N) is 2. The van der Waals surface area contributed by atoms with E-state index in [0.29, 0.717) is 0 Å². The monoisotopic (exact) mass is 574 g/mol. The highest BCUT2D eigenvalue weighted by Crippen LogP contribution is 2.58. The molecule has 2 aromatic heterocycles. The maximum Gasteiger partial charge on any atom is 0.0582 e. The van der Waals surface area contributed by atoms with Gasteiger partial charge in [0.25, 0.3) is 0 Å². The predicted octanol–water partition coefficient (Wildman–Crippen LogP) is 10.9. The van der Waals surface area contributed by atoms with Crippen LogP contribution in [0.5, 0.6) is 0 Å². The summed E-state index contributed by atoms with van der Waals surface area (Å²) >= 11 is 0. The predicted molar refractivity (Wildman–Crippen MR) is 186 cm³/mol. The topological polar surface area (TPSA) is 9.86 Å². The minimum Gasteiger partial charge on any atom is -0.309 e. The van der Waals surface area contributed by atoms with Crippen molar-refractivity contribution in [2.75, 3.05) is 0 Å². The Hall–Kier alpha value is -5.60. The summed E-state index contributed by atoms with van der Waals surface area (Å²) in [7, 11) is 0. The molecule has 8 aromatic rings. The summed E-state index contributed by atoms with van der Waals surface area (Å²) in [6, 6.07) is 58.0. The Morgan fingerprint density at radius 2 is 0.756 bits per heavy atom. The van der Waals surface area contributed by atoms with Gasteiger partial charge < -0.3 is 9.13 Å². The van der Waals surface area contributed by atoms with E-state index < -0.39 is 0 Å². The molecule has 0 fully saturated rings. The van der Waals surface area contributed by atoms with Crippen LogP contribution in [0, 0.1) is 0 Å². The molecule has 0 aliphatic heterocycles. The molecule has 2 aliphatic rings. The average molecular weight is 575 g/mol. The van der Waals surface area contributed by atoms with E-state index in [0.717, 1.165) is 6.42 Å². The fraction of sp³-hybridized carbons (Fsp3) is 0.0698. The number of para-hydroxylation sites is 4. The lowest BCUT2D eigenvalue weighted by atomic mass is 9.81. The zero-order valence-corrected chi connectivity index (χ0v) is 24.8. The maximum absolute atomic E-state index is 2.50. The van der Waals surface area contributed by atoms with Crippen LogP contribution in [0.1, 0.15) is 40.5 Å². The first-order valence-corrected chi connectivity index (χ1v) is 15.9. The van der Waals surface area contributed by atoms with Gasteiger partial charge in [-0.05, 0) is 65.1 Å². The van der Waals surface area contributed by atoms with Crippen molar-refractivity contribution >= 4 is 21.8 Å². The Kier molecular flexibility index (Phi) is 5.21. The van der Waals surface area contributed by atoms with Gasteiger partial charge in [0.15, 0.2) is 0 Å². The highest BCUT2D eigenvalue weighted by atomic mass is 15.0. The second-order valence-electron chi connectivity index (χ2n) is 12.4. The van der Waals surface area contributed by atoms with E-state index in [9.17, 15) is 0 Å². The molecular weight excluding hydrogens is 544 g/mol. The molecular formula is C43H30N2. The summed E-state index contributed by atoms with van der Waals surface area (Å²) in [4.78, 5) is 0. The normalized spacial score (nSPS) is 16.1. The molecule has 0 radical (unpaired) electrons. The summed E-state index contributed by atoms with van der Waals surface area (Å²) < 4.78 is 5.00. The second-order valence-corrected chi connectivity index (χ2v) is 12.4. The lowest BCUT2D eigenvalue weighted by Crippen LogP contribution is -2.05. The number of fused-ring (bicyclic) bond motifs is 10. The zero-order chi connectivity index (χ0) is 29.5. The Balaban J connectivity index is 1.24. The lowest BCUT2D eigenvalue weighted by Gasteiger charge is -2.21. The molecule has 0 N–H and O–H groups in total. The molecule has 212 valence electrons. The van der Waals surface area contributed by atoms with E-state index in [1.165, 1.54) is 77.9 Å². The van der Waals surface area contributed by atoms with Gasteiger partial charge in [0, 0.05) is 45.1 Å². The number of aromatic nitrogens is 2. The van der Waals surface area contributed by atoms with E-state index >= 15 is 0 Å². The molecule has 2 atom stereocenters. The Morgan fingerprint density at radius 1 is 0.378 bits per heavy atom. The van der Waals surface area contributed by atoms with Gasteiger partial charge in [-0.25, -0.2) is 0 Å². The number of hydrogen-bond acceptors (Lipinski definition) is 0. The van der Waals surface area contributed by atoms with Gasteiger partial charge in [0.1, 0.15) is 0 Å². The van der Waals surface area contributed by atoms with Crippen LogP contribution in [0.25, 0.3) is 55.7 Å². The molecule has 2 heterocycles. The summed E-state index contributed by atoms with van der Waals surface area (Å²) in [5, 5.41) is 2.71. The quantitative estimate of drug-likeness (QED) is 0.198. The highest BCUT2D eigenvalue weighted by molar-refractivity contribution is 6.00. The van der Waals surface area contributed by atoms with Crippen molar-refractivity contribution in [2.45, 2.75) is 18.3 Å². The molecule has 0 spiro atoms. The third-order valence-electron chi connectivity index (χ3n) is 10.2. The van der Waals surface area contributed by atoms with Crippen LogP contribution in [0.15, 0.2) is 158 Å². The smallest absolute Gasteiger partial charge is 0.0582 e. The van der Waals surface area contributed by atoms with E-state index in [1.54, 1.807) is 0 Å². The van der Waals surface area contributed by atoms with E-state index in [2.05, 4.69) is 167 Å². The van der Waals surface area contributed by atoms with Gasteiger partial charge >= 0.3 is 0 Å². The minimum absolute atomic E-state index is 0.272. The van der Waals surface area contributed by atoms with Crippen LogP contribution in [-0.4, -0.2) is 9.13 Å². The Bertz CT molecular complexity index is 2240. The average Bonchev–Trinajstić information content (AvgIpc) is 3.82. The Labute approximate surface area is 262 Å². The molecule has 0 saturated carbocycles. The molecule has 0 saturated heterocycles. The summed E-state index contributed by atoms with van der Waals surface area (Å²) in [6.45, 7) is 0.